The van der Waals surface area contributed by atoms with Crippen molar-refractivity contribution in [3.8, 4) is 11.3 Å². The van der Waals surface area contributed by atoms with Crippen molar-refractivity contribution < 1.29 is 9.53 Å². The molecule has 0 radical (unpaired) electrons. The standard InChI is InChI=1S/C21H20ClN5O2/c1-13-17(11-25-14(2)26-13)21(28)27-8-9-29-18(12-27)20-19(23-6-7-24-20)15-4-3-5-16(22)10-15/h3-7,10-11,18H,8-9,12H2,1-2H3/t18-/m0/s1. The van der Waals surface area contributed by atoms with Gasteiger partial charge >= 0.3 is 0 Å². The number of amides is 1. The van der Waals surface area contributed by atoms with Crippen molar-refractivity contribution in [3.05, 3.63) is 70.7 Å². The van der Waals surface area contributed by atoms with E-state index < -0.39 is 0 Å². The van der Waals surface area contributed by atoms with Crippen molar-refractivity contribution in [2.75, 3.05) is 19.7 Å². The van der Waals surface area contributed by atoms with Crippen molar-refractivity contribution in [3.63, 3.8) is 0 Å². The zero-order chi connectivity index (χ0) is 20.4. The van der Waals surface area contributed by atoms with Gasteiger partial charge < -0.3 is 9.64 Å². The van der Waals surface area contributed by atoms with E-state index in [2.05, 4.69) is 19.9 Å². The summed E-state index contributed by atoms with van der Waals surface area (Å²) < 4.78 is 5.96. The summed E-state index contributed by atoms with van der Waals surface area (Å²) in [6.45, 7) is 4.90. The maximum atomic E-state index is 13.0. The number of hydrogen-bond acceptors (Lipinski definition) is 6. The summed E-state index contributed by atoms with van der Waals surface area (Å²) in [6, 6.07) is 7.45. The fraction of sp³-hybridized carbons (Fsp3) is 0.286. The lowest BCUT2D eigenvalue weighted by Crippen LogP contribution is -2.43. The van der Waals surface area contributed by atoms with Crippen LogP contribution >= 0.6 is 11.6 Å². The van der Waals surface area contributed by atoms with Crippen LogP contribution in [-0.2, 0) is 4.74 Å². The van der Waals surface area contributed by atoms with Gasteiger partial charge in [0.1, 0.15) is 11.9 Å². The Labute approximate surface area is 173 Å². The summed E-state index contributed by atoms with van der Waals surface area (Å²) in [6.07, 6.45) is 4.47. The van der Waals surface area contributed by atoms with Gasteiger partial charge in [0.05, 0.1) is 35.8 Å². The summed E-state index contributed by atoms with van der Waals surface area (Å²) in [5, 5.41) is 0.621. The number of halogens is 1. The molecule has 1 aliphatic rings. The van der Waals surface area contributed by atoms with Gasteiger partial charge in [0.15, 0.2) is 0 Å². The van der Waals surface area contributed by atoms with Gasteiger partial charge in [-0.25, -0.2) is 9.97 Å². The molecule has 8 heteroatoms. The van der Waals surface area contributed by atoms with E-state index in [1.807, 2.05) is 31.2 Å². The van der Waals surface area contributed by atoms with Crippen molar-refractivity contribution in [1.82, 2.24) is 24.8 Å². The third-order valence-electron chi connectivity index (χ3n) is 4.81. The van der Waals surface area contributed by atoms with Crippen LogP contribution in [0.15, 0.2) is 42.9 Å². The maximum absolute atomic E-state index is 13.0. The van der Waals surface area contributed by atoms with Crippen LogP contribution in [0, 0.1) is 13.8 Å². The lowest BCUT2D eigenvalue weighted by atomic mass is 10.0. The van der Waals surface area contributed by atoms with E-state index in [1.54, 1.807) is 30.4 Å². The van der Waals surface area contributed by atoms with Crippen LogP contribution in [-0.4, -0.2) is 50.4 Å². The molecule has 0 saturated carbocycles. The van der Waals surface area contributed by atoms with Crippen LogP contribution in [0.3, 0.4) is 0 Å². The van der Waals surface area contributed by atoms with E-state index in [-0.39, 0.29) is 12.0 Å². The summed E-state index contributed by atoms with van der Waals surface area (Å²) in [7, 11) is 0. The highest BCUT2D eigenvalue weighted by Gasteiger charge is 2.30. The zero-order valence-electron chi connectivity index (χ0n) is 16.2. The Morgan fingerprint density at radius 2 is 2.03 bits per heavy atom. The van der Waals surface area contributed by atoms with Gasteiger partial charge in [-0.1, -0.05) is 23.7 Å². The quantitative estimate of drug-likeness (QED) is 0.659. The number of morpholine rings is 1. The number of rotatable bonds is 3. The minimum absolute atomic E-state index is 0.107. The van der Waals surface area contributed by atoms with Crippen molar-refractivity contribution in [2.24, 2.45) is 0 Å². The molecule has 2 aromatic heterocycles. The minimum atomic E-state index is -0.387. The van der Waals surface area contributed by atoms with Crippen LogP contribution in [0.2, 0.25) is 5.02 Å². The number of carbonyl (C=O) groups is 1. The highest BCUT2D eigenvalue weighted by Crippen LogP contribution is 2.30. The van der Waals surface area contributed by atoms with Gasteiger partial charge in [0, 0.05) is 35.7 Å². The maximum Gasteiger partial charge on any atom is 0.257 e. The Morgan fingerprint density at radius 3 is 2.83 bits per heavy atom. The molecule has 0 spiro atoms. The van der Waals surface area contributed by atoms with Gasteiger partial charge in [0.2, 0.25) is 0 Å². The number of benzene rings is 1. The van der Waals surface area contributed by atoms with Crippen LogP contribution in [0.4, 0.5) is 0 Å². The van der Waals surface area contributed by atoms with Crippen LogP contribution in [0.5, 0.6) is 0 Å². The van der Waals surface area contributed by atoms with Crippen molar-refractivity contribution >= 4 is 17.5 Å². The van der Waals surface area contributed by atoms with Crippen LogP contribution < -0.4 is 0 Å². The topological polar surface area (TPSA) is 81.1 Å². The molecule has 0 bridgehead atoms. The normalized spacial score (nSPS) is 16.7. The Morgan fingerprint density at radius 1 is 1.21 bits per heavy atom. The highest BCUT2D eigenvalue weighted by atomic mass is 35.5. The summed E-state index contributed by atoms with van der Waals surface area (Å²) in [5.74, 6) is 0.536. The van der Waals surface area contributed by atoms with E-state index in [4.69, 9.17) is 16.3 Å². The Bertz CT molecular complexity index is 1060. The monoisotopic (exact) mass is 409 g/mol. The number of hydrogen-bond donors (Lipinski definition) is 0. The summed E-state index contributed by atoms with van der Waals surface area (Å²) >= 11 is 6.15. The van der Waals surface area contributed by atoms with Gasteiger partial charge in [-0.15, -0.1) is 0 Å². The van der Waals surface area contributed by atoms with E-state index >= 15 is 0 Å². The Balaban J connectivity index is 1.62. The molecule has 3 heterocycles. The molecule has 0 aliphatic carbocycles. The smallest absolute Gasteiger partial charge is 0.257 e. The lowest BCUT2D eigenvalue weighted by Gasteiger charge is -2.33. The molecule has 0 unspecified atom stereocenters. The molecular weight excluding hydrogens is 390 g/mol. The molecule has 1 fully saturated rings. The third-order valence-corrected chi connectivity index (χ3v) is 5.05. The van der Waals surface area contributed by atoms with E-state index in [0.29, 0.717) is 53.2 Å². The molecule has 1 aliphatic heterocycles. The summed E-state index contributed by atoms with van der Waals surface area (Å²) in [4.78, 5) is 32.3. The molecule has 4 rings (SSSR count). The Kier molecular flexibility index (Phi) is 5.51. The molecule has 1 saturated heterocycles. The van der Waals surface area contributed by atoms with Crippen molar-refractivity contribution in [2.45, 2.75) is 20.0 Å². The van der Waals surface area contributed by atoms with E-state index in [1.165, 1.54) is 0 Å². The Hall–Kier alpha value is -2.90. The number of aromatic nitrogens is 4. The number of nitrogens with zero attached hydrogens (tertiary/aromatic N) is 5. The van der Waals surface area contributed by atoms with Crippen LogP contribution in [0.1, 0.15) is 33.7 Å². The lowest BCUT2D eigenvalue weighted by molar-refractivity contribution is -0.0246. The van der Waals surface area contributed by atoms with E-state index in [0.717, 1.165) is 5.56 Å². The highest BCUT2D eigenvalue weighted by molar-refractivity contribution is 6.30. The minimum Gasteiger partial charge on any atom is -0.368 e. The fourth-order valence-electron chi connectivity index (χ4n) is 3.41. The number of carbonyl (C=O) groups excluding carboxylic acids is 1. The first kappa shape index (κ1) is 19.4. The molecule has 1 amide bonds. The first-order chi connectivity index (χ1) is 14.0. The SMILES string of the molecule is Cc1ncc(C(=O)N2CCO[C@H](c3nccnc3-c3cccc(Cl)c3)C2)c(C)n1. The molecule has 148 valence electrons. The van der Waals surface area contributed by atoms with Crippen molar-refractivity contribution in [1.29, 1.82) is 0 Å². The van der Waals surface area contributed by atoms with E-state index in [9.17, 15) is 4.79 Å². The predicted octanol–water partition coefficient (Wildman–Crippen LogP) is 3.42. The molecular formula is C21H20ClN5O2. The van der Waals surface area contributed by atoms with Gasteiger partial charge in [-0.05, 0) is 26.0 Å². The second-order valence-corrected chi connectivity index (χ2v) is 7.26. The molecule has 29 heavy (non-hydrogen) atoms. The average Bonchev–Trinajstić information content (AvgIpc) is 2.73. The second-order valence-electron chi connectivity index (χ2n) is 6.83. The average molecular weight is 410 g/mol. The predicted molar refractivity (Wildman–Crippen MR) is 109 cm³/mol. The molecule has 0 N–H and O–H groups in total. The zero-order valence-corrected chi connectivity index (χ0v) is 16.9. The van der Waals surface area contributed by atoms with Gasteiger partial charge in [-0.2, -0.15) is 0 Å². The third kappa shape index (κ3) is 4.11. The van der Waals surface area contributed by atoms with Gasteiger partial charge in [-0.3, -0.25) is 14.8 Å². The fourth-order valence-corrected chi connectivity index (χ4v) is 3.60. The molecule has 1 aromatic carbocycles. The summed E-state index contributed by atoms with van der Waals surface area (Å²) in [5.41, 5.74) is 3.42. The first-order valence-electron chi connectivity index (χ1n) is 9.31. The van der Waals surface area contributed by atoms with Crippen LogP contribution in [0.25, 0.3) is 11.3 Å². The molecule has 7 nitrogen and oxygen atoms in total. The second kappa shape index (κ2) is 8.23. The van der Waals surface area contributed by atoms with Gasteiger partial charge in [0.25, 0.3) is 5.91 Å². The first-order valence-corrected chi connectivity index (χ1v) is 9.68. The largest absolute Gasteiger partial charge is 0.368 e. The number of ether oxygens (including phenoxy) is 1. The molecule has 1 atom stereocenters. The number of aryl methyl sites for hydroxylation is 2. The molecule has 3 aromatic rings.